The highest BCUT2D eigenvalue weighted by atomic mass is 19.1. The number of alkyl halides is 1. The number of nitrogens with one attached hydrogen (secondary N) is 4. The monoisotopic (exact) mass is 413 g/mol. The Morgan fingerprint density at radius 3 is 2.90 bits per heavy atom. The second-order valence-electron chi connectivity index (χ2n) is 6.86. The third kappa shape index (κ3) is 5.26. The highest BCUT2D eigenvalue weighted by molar-refractivity contribution is 6.14. The SMILES string of the molecule is N=C/C=N\Nc1cccc(Nc2nc(N[C@@H]3CCCC(F)[C@@H]3N)ncc2C(N)=O)c1. The van der Waals surface area contributed by atoms with Gasteiger partial charge in [-0.15, -0.1) is 0 Å². The highest BCUT2D eigenvalue weighted by Crippen LogP contribution is 2.25. The number of halogens is 1. The van der Waals surface area contributed by atoms with Gasteiger partial charge >= 0.3 is 0 Å². The Balaban J connectivity index is 1.81. The standard InChI is InChI=1S/C19H24FN9O/c20-14-5-2-6-15(16(14)22)27-19-24-10-13(17(23)30)18(28-19)26-11-3-1-4-12(9-11)29-25-8-7-21/h1,3-4,7-10,14-16,21,29H,2,5-6,22H2,(H2,23,30)(H2,24,26,27,28)/b21-7?,25-8-/t14?,15-,16+/m1/s1. The first-order valence-corrected chi connectivity index (χ1v) is 9.46. The van der Waals surface area contributed by atoms with Crippen molar-refractivity contribution in [1.29, 1.82) is 5.41 Å². The zero-order valence-corrected chi connectivity index (χ0v) is 16.2. The molecule has 1 aliphatic carbocycles. The van der Waals surface area contributed by atoms with Crippen LogP contribution in [0.5, 0.6) is 0 Å². The molecule has 10 nitrogen and oxygen atoms in total. The van der Waals surface area contributed by atoms with Gasteiger partial charge in [-0.25, -0.2) is 9.37 Å². The van der Waals surface area contributed by atoms with Gasteiger partial charge in [-0.2, -0.15) is 10.1 Å². The summed E-state index contributed by atoms with van der Waals surface area (Å²) in [5, 5.41) is 16.9. The molecule has 8 N–H and O–H groups in total. The Morgan fingerprint density at radius 2 is 2.13 bits per heavy atom. The lowest BCUT2D eigenvalue weighted by Gasteiger charge is -2.32. The first-order valence-electron chi connectivity index (χ1n) is 9.46. The number of carbonyl (C=O) groups is 1. The van der Waals surface area contributed by atoms with Gasteiger partial charge in [0.25, 0.3) is 5.91 Å². The van der Waals surface area contributed by atoms with E-state index in [0.29, 0.717) is 24.2 Å². The van der Waals surface area contributed by atoms with Crippen LogP contribution < -0.4 is 27.5 Å². The third-order valence-electron chi connectivity index (χ3n) is 4.71. The molecule has 1 aromatic carbocycles. The van der Waals surface area contributed by atoms with E-state index >= 15 is 0 Å². The van der Waals surface area contributed by atoms with Crippen molar-refractivity contribution in [2.75, 3.05) is 16.1 Å². The maximum absolute atomic E-state index is 13.9. The number of hydrazone groups is 1. The van der Waals surface area contributed by atoms with Crippen LogP contribution in [0, 0.1) is 5.41 Å². The molecule has 158 valence electrons. The number of hydrogen-bond acceptors (Lipinski definition) is 9. The van der Waals surface area contributed by atoms with Crippen molar-refractivity contribution >= 4 is 41.5 Å². The number of nitrogens with two attached hydrogens (primary N) is 2. The number of nitrogens with zero attached hydrogens (tertiary/aromatic N) is 3. The molecule has 0 aliphatic heterocycles. The van der Waals surface area contributed by atoms with Crippen molar-refractivity contribution in [3.63, 3.8) is 0 Å². The lowest BCUT2D eigenvalue weighted by molar-refractivity contribution is 0.100. The lowest BCUT2D eigenvalue weighted by atomic mass is 9.89. The second kappa shape index (κ2) is 9.74. The van der Waals surface area contributed by atoms with E-state index in [4.69, 9.17) is 16.9 Å². The number of carbonyl (C=O) groups excluding carboxylic acids is 1. The summed E-state index contributed by atoms with van der Waals surface area (Å²) < 4.78 is 13.9. The Hall–Kier alpha value is -3.60. The summed E-state index contributed by atoms with van der Waals surface area (Å²) in [4.78, 5) is 20.3. The maximum atomic E-state index is 13.9. The minimum absolute atomic E-state index is 0.108. The van der Waals surface area contributed by atoms with Gasteiger partial charge in [-0.05, 0) is 37.5 Å². The zero-order chi connectivity index (χ0) is 21.5. The van der Waals surface area contributed by atoms with Gasteiger partial charge in [0.1, 0.15) is 17.6 Å². The van der Waals surface area contributed by atoms with Crippen LogP contribution >= 0.6 is 0 Å². The molecular weight excluding hydrogens is 389 g/mol. The minimum atomic E-state index is -1.08. The number of benzene rings is 1. The van der Waals surface area contributed by atoms with Crippen molar-refractivity contribution in [2.24, 2.45) is 16.6 Å². The Bertz CT molecular complexity index is 936. The molecule has 3 rings (SSSR count). The molecule has 1 amide bonds. The number of hydrogen-bond donors (Lipinski definition) is 6. The summed E-state index contributed by atoms with van der Waals surface area (Å²) in [5.41, 5.74) is 15.6. The third-order valence-corrected chi connectivity index (χ3v) is 4.71. The molecular formula is C19H24FN9O. The first kappa shape index (κ1) is 21.1. The Labute approximate surface area is 172 Å². The van der Waals surface area contributed by atoms with E-state index in [2.05, 4.69) is 31.1 Å². The average Bonchev–Trinajstić information content (AvgIpc) is 2.72. The molecule has 1 aromatic heterocycles. The number of anilines is 4. The molecule has 1 fully saturated rings. The second-order valence-corrected chi connectivity index (χ2v) is 6.86. The average molecular weight is 413 g/mol. The van der Waals surface area contributed by atoms with Crippen LogP contribution in [-0.4, -0.2) is 46.6 Å². The van der Waals surface area contributed by atoms with Crippen molar-refractivity contribution < 1.29 is 9.18 Å². The molecule has 2 aromatic rings. The van der Waals surface area contributed by atoms with Gasteiger partial charge in [0.05, 0.1) is 17.9 Å². The molecule has 30 heavy (non-hydrogen) atoms. The number of amides is 1. The summed E-state index contributed by atoms with van der Waals surface area (Å²) in [5.74, 6) is -0.254. The fourth-order valence-electron chi connectivity index (χ4n) is 3.18. The van der Waals surface area contributed by atoms with Crippen molar-refractivity contribution in [3.8, 4) is 0 Å². The van der Waals surface area contributed by atoms with Gasteiger partial charge in [0, 0.05) is 24.1 Å². The number of aromatic nitrogens is 2. The maximum Gasteiger partial charge on any atom is 0.254 e. The predicted octanol–water partition coefficient (Wildman–Crippen LogP) is 2.00. The molecule has 0 saturated heterocycles. The van der Waals surface area contributed by atoms with Crippen LogP contribution in [0.1, 0.15) is 29.6 Å². The quantitative estimate of drug-likeness (QED) is 0.284. The van der Waals surface area contributed by atoms with Gasteiger partial charge in [-0.1, -0.05) is 6.07 Å². The van der Waals surface area contributed by atoms with Crippen LogP contribution in [0.3, 0.4) is 0 Å². The summed E-state index contributed by atoms with van der Waals surface area (Å²) in [7, 11) is 0. The van der Waals surface area contributed by atoms with E-state index in [1.807, 2.05) is 0 Å². The van der Waals surface area contributed by atoms with E-state index in [1.165, 1.54) is 12.4 Å². The van der Waals surface area contributed by atoms with E-state index in [0.717, 1.165) is 12.6 Å². The van der Waals surface area contributed by atoms with E-state index < -0.39 is 18.1 Å². The smallest absolute Gasteiger partial charge is 0.254 e. The number of primary amides is 1. The molecule has 1 heterocycles. The first-order chi connectivity index (χ1) is 14.5. The highest BCUT2D eigenvalue weighted by Gasteiger charge is 2.31. The van der Waals surface area contributed by atoms with Crippen LogP contribution in [0.25, 0.3) is 0 Å². The minimum Gasteiger partial charge on any atom is -0.365 e. The van der Waals surface area contributed by atoms with Crippen LogP contribution in [0.4, 0.5) is 27.5 Å². The summed E-state index contributed by atoms with van der Waals surface area (Å²) >= 11 is 0. The van der Waals surface area contributed by atoms with Gasteiger partial charge < -0.3 is 27.5 Å². The van der Waals surface area contributed by atoms with E-state index in [-0.39, 0.29) is 23.4 Å². The molecule has 0 radical (unpaired) electrons. The van der Waals surface area contributed by atoms with Gasteiger partial charge in [0.2, 0.25) is 5.95 Å². The molecule has 11 heteroatoms. The van der Waals surface area contributed by atoms with Gasteiger partial charge in [-0.3, -0.25) is 10.2 Å². The summed E-state index contributed by atoms with van der Waals surface area (Å²) in [6.07, 6.45) is 4.45. The normalized spacial score (nSPS) is 21.2. The van der Waals surface area contributed by atoms with Crippen molar-refractivity contribution in [3.05, 3.63) is 36.0 Å². The predicted molar refractivity (Wildman–Crippen MR) is 115 cm³/mol. The lowest BCUT2D eigenvalue weighted by Crippen LogP contribution is -2.49. The molecule has 3 atom stereocenters. The van der Waals surface area contributed by atoms with Crippen molar-refractivity contribution in [2.45, 2.75) is 37.5 Å². The van der Waals surface area contributed by atoms with E-state index in [9.17, 15) is 9.18 Å². The summed E-state index contributed by atoms with van der Waals surface area (Å²) in [6.45, 7) is 0. The van der Waals surface area contributed by atoms with Crippen LogP contribution in [0.2, 0.25) is 0 Å². The number of rotatable bonds is 8. The van der Waals surface area contributed by atoms with E-state index in [1.54, 1.807) is 24.3 Å². The van der Waals surface area contributed by atoms with Crippen LogP contribution in [0.15, 0.2) is 35.6 Å². The fourth-order valence-corrected chi connectivity index (χ4v) is 3.18. The molecule has 1 aliphatic rings. The zero-order valence-electron chi connectivity index (χ0n) is 16.2. The van der Waals surface area contributed by atoms with Gasteiger partial charge in [0.15, 0.2) is 0 Å². The molecule has 1 unspecified atom stereocenters. The molecule has 0 bridgehead atoms. The Morgan fingerprint density at radius 1 is 1.33 bits per heavy atom. The fraction of sp³-hybridized carbons (Fsp3) is 0.316. The summed E-state index contributed by atoms with van der Waals surface area (Å²) in [6, 6.07) is 6.12. The van der Waals surface area contributed by atoms with Crippen LogP contribution in [-0.2, 0) is 0 Å². The Kier molecular flexibility index (Phi) is 6.86. The molecule has 1 saturated carbocycles. The molecule has 0 spiro atoms. The largest absolute Gasteiger partial charge is 0.365 e. The topological polar surface area (TPSA) is 167 Å². The van der Waals surface area contributed by atoms with Crippen molar-refractivity contribution in [1.82, 2.24) is 9.97 Å².